The lowest BCUT2D eigenvalue weighted by Crippen LogP contribution is -2.41. The molecule has 0 fully saturated rings. The summed E-state index contributed by atoms with van der Waals surface area (Å²) in [5.74, 6) is -0.994. The van der Waals surface area contributed by atoms with Crippen molar-refractivity contribution >= 4 is 11.6 Å². The van der Waals surface area contributed by atoms with Crippen molar-refractivity contribution in [2.75, 3.05) is 19.8 Å². The first-order valence-electron chi connectivity index (χ1n) is 6.32. The SMILES string of the molecule is CCOC(Cc1ccc(Cl)cc1)(OCC)OCC. The van der Waals surface area contributed by atoms with Gasteiger partial charge in [0, 0.05) is 24.8 Å². The van der Waals surface area contributed by atoms with Gasteiger partial charge in [0.25, 0.3) is 5.97 Å². The lowest BCUT2D eigenvalue weighted by molar-refractivity contribution is -0.376. The van der Waals surface area contributed by atoms with E-state index in [-0.39, 0.29) is 0 Å². The molecule has 0 aromatic heterocycles. The van der Waals surface area contributed by atoms with Gasteiger partial charge in [-0.1, -0.05) is 23.7 Å². The predicted octanol–water partition coefficient (Wildman–Crippen LogP) is 3.65. The zero-order valence-corrected chi connectivity index (χ0v) is 12.0. The second-order valence-electron chi connectivity index (χ2n) is 3.79. The molecule has 0 N–H and O–H groups in total. The molecule has 1 aromatic carbocycles. The summed E-state index contributed by atoms with van der Waals surface area (Å²) in [7, 11) is 0. The Morgan fingerprint density at radius 1 is 0.889 bits per heavy atom. The molecule has 4 heteroatoms. The predicted molar refractivity (Wildman–Crippen MR) is 72.8 cm³/mol. The quantitative estimate of drug-likeness (QED) is 0.676. The molecule has 0 saturated heterocycles. The number of hydrogen-bond donors (Lipinski definition) is 0. The molecule has 0 unspecified atom stereocenters. The fourth-order valence-electron chi connectivity index (χ4n) is 1.79. The van der Waals surface area contributed by atoms with Crippen LogP contribution in [0.5, 0.6) is 0 Å². The maximum atomic E-state index is 5.87. The van der Waals surface area contributed by atoms with E-state index in [2.05, 4.69) is 0 Å². The van der Waals surface area contributed by atoms with E-state index in [9.17, 15) is 0 Å². The van der Waals surface area contributed by atoms with Crippen molar-refractivity contribution in [3.8, 4) is 0 Å². The first kappa shape index (κ1) is 15.4. The summed E-state index contributed by atoms with van der Waals surface area (Å²) in [6.07, 6.45) is 0.541. The Morgan fingerprint density at radius 3 is 1.72 bits per heavy atom. The van der Waals surface area contributed by atoms with Gasteiger partial charge in [-0.3, -0.25) is 0 Å². The zero-order valence-electron chi connectivity index (χ0n) is 11.2. The number of benzene rings is 1. The Labute approximate surface area is 114 Å². The van der Waals surface area contributed by atoms with Crippen LogP contribution >= 0.6 is 11.6 Å². The average molecular weight is 273 g/mol. The van der Waals surface area contributed by atoms with E-state index in [1.165, 1.54) is 0 Å². The molecule has 0 atom stereocenters. The van der Waals surface area contributed by atoms with Crippen molar-refractivity contribution in [2.24, 2.45) is 0 Å². The van der Waals surface area contributed by atoms with Gasteiger partial charge in [-0.2, -0.15) is 0 Å². The highest BCUT2D eigenvalue weighted by molar-refractivity contribution is 6.30. The summed E-state index contributed by atoms with van der Waals surface area (Å²) in [5, 5.41) is 0.716. The third kappa shape index (κ3) is 4.58. The maximum Gasteiger partial charge on any atom is 0.287 e. The monoisotopic (exact) mass is 272 g/mol. The number of rotatable bonds is 8. The molecule has 102 valence electrons. The van der Waals surface area contributed by atoms with E-state index < -0.39 is 5.97 Å². The van der Waals surface area contributed by atoms with Gasteiger partial charge < -0.3 is 14.2 Å². The molecule has 0 spiro atoms. The maximum absolute atomic E-state index is 5.87. The first-order chi connectivity index (χ1) is 8.65. The molecule has 0 aliphatic heterocycles. The van der Waals surface area contributed by atoms with Crippen molar-refractivity contribution in [3.05, 3.63) is 34.9 Å². The molecule has 1 rings (SSSR count). The summed E-state index contributed by atoms with van der Waals surface area (Å²) in [4.78, 5) is 0. The topological polar surface area (TPSA) is 27.7 Å². The molecule has 0 amide bonds. The molecule has 0 radical (unpaired) electrons. The van der Waals surface area contributed by atoms with Crippen LogP contribution < -0.4 is 0 Å². The standard InChI is InChI=1S/C14H21ClO3/c1-4-16-14(17-5-2,18-6-3)11-12-7-9-13(15)10-8-12/h7-10H,4-6,11H2,1-3H3. The van der Waals surface area contributed by atoms with Crippen LogP contribution in [0.15, 0.2) is 24.3 Å². The molecular weight excluding hydrogens is 252 g/mol. The molecule has 0 saturated carbocycles. The van der Waals surface area contributed by atoms with Gasteiger partial charge in [0.2, 0.25) is 0 Å². The zero-order chi connectivity index (χ0) is 13.4. The second-order valence-corrected chi connectivity index (χ2v) is 4.22. The van der Waals surface area contributed by atoms with Crippen LogP contribution in [-0.4, -0.2) is 25.8 Å². The minimum Gasteiger partial charge on any atom is -0.327 e. The van der Waals surface area contributed by atoms with Gasteiger partial charge in [-0.25, -0.2) is 0 Å². The van der Waals surface area contributed by atoms with Crippen molar-refractivity contribution in [1.82, 2.24) is 0 Å². The van der Waals surface area contributed by atoms with Crippen LogP contribution in [0.1, 0.15) is 26.3 Å². The molecule has 0 bridgehead atoms. The Morgan fingerprint density at radius 2 is 1.33 bits per heavy atom. The van der Waals surface area contributed by atoms with Crippen molar-refractivity contribution < 1.29 is 14.2 Å². The van der Waals surface area contributed by atoms with Crippen LogP contribution in [-0.2, 0) is 20.6 Å². The minimum atomic E-state index is -0.994. The largest absolute Gasteiger partial charge is 0.327 e. The van der Waals surface area contributed by atoms with Crippen molar-refractivity contribution in [3.63, 3.8) is 0 Å². The highest BCUT2D eigenvalue weighted by Gasteiger charge is 2.32. The van der Waals surface area contributed by atoms with E-state index in [0.717, 1.165) is 5.56 Å². The lowest BCUT2D eigenvalue weighted by Gasteiger charge is -2.32. The lowest BCUT2D eigenvalue weighted by atomic mass is 10.1. The second kappa shape index (κ2) is 7.74. The number of ether oxygens (including phenoxy) is 3. The minimum absolute atomic E-state index is 0.535. The normalized spacial score (nSPS) is 11.8. The molecule has 0 aliphatic rings. The van der Waals surface area contributed by atoms with Gasteiger partial charge in [0.1, 0.15) is 0 Å². The first-order valence-corrected chi connectivity index (χ1v) is 6.70. The van der Waals surface area contributed by atoms with E-state index in [1.54, 1.807) is 0 Å². The summed E-state index contributed by atoms with van der Waals surface area (Å²) >= 11 is 5.87. The smallest absolute Gasteiger partial charge is 0.287 e. The Hall–Kier alpha value is -0.610. The molecular formula is C14H21ClO3. The van der Waals surface area contributed by atoms with Crippen LogP contribution in [0.4, 0.5) is 0 Å². The Kier molecular flexibility index (Phi) is 6.65. The Balaban J connectivity index is 2.84. The summed E-state index contributed by atoms with van der Waals surface area (Å²) < 4.78 is 17.0. The van der Waals surface area contributed by atoms with Gasteiger partial charge in [-0.15, -0.1) is 0 Å². The average Bonchev–Trinajstić information content (AvgIpc) is 2.33. The van der Waals surface area contributed by atoms with Crippen molar-refractivity contribution in [2.45, 2.75) is 33.2 Å². The fourth-order valence-corrected chi connectivity index (χ4v) is 1.92. The molecule has 18 heavy (non-hydrogen) atoms. The van der Waals surface area contributed by atoms with E-state index in [1.807, 2.05) is 45.0 Å². The fraction of sp³-hybridized carbons (Fsp3) is 0.571. The summed E-state index contributed by atoms with van der Waals surface area (Å²) in [5.41, 5.74) is 1.06. The Bertz CT molecular complexity index is 320. The van der Waals surface area contributed by atoms with Crippen LogP contribution in [0.25, 0.3) is 0 Å². The molecule has 0 heterocycles. The van der Waals surface area contributed by atoms with Crippen LogP contribution in [0.2, 0.25) is 5.02 Å². The van der Waals surface area contributed by atoms with Gasteiger partial charge >= 0.3 is 0 Å². The third-order valence-corrected chi connectivity index (χ3v) is 2.68. The van der Waals surface area contributed by atoms with Gasteiger partial charge in [0.15, 0.2) is 0 Å². The van der Waals surface area contributed by atoms with E-state index >= 15 is 0 Å². The van der Waals surface area contributed by atoms with Crippen LogP contribution in [0.3, 0.4) is 0 Å². The van der Waals surface area contributed by atoms with Crippen LogP contribution in [0, 0.1) is 0 Å². The summed E-state index contributed by atoms with van der Waals surface area (Å²) in [6.45, 7) is 7.38. The van der Waals surface area contributed by atoms with E-state index in [4.69, 9.17) is 25.8 Å². The van der Waals surface area contributed by atoms with Gasteiger partial charge in [0.05, 0.1) is 6.42 Å². The molecule has 0 aliphatic carbocycles. The van der Waals surface area contributed by atoms with Gasteiger partial charge in [-0.05, 0) is 38.5 Å². The van der Waals surface area contributed by atoms with Crippen molar-refractivity contribution in [1.29, 1.82) is 0 Å². The highest BCUT2D eigenvalue weighted by Crippen LogP contribution is 2.23. The highest BCUT2D eigenvalue weighted by atomic mass is 35.5. The third-order valence-electron chi connectivity index (χ3n) is 2.43. The molecule has 3 nitrogen and oxygen atoms in total. The molecule has 1 aromatic rings. The number of halogens is 1. The summed E-state index contributed by atoms with van der Waals surface area (Å²) in [6, 6.07) is 7.61. The number of hydrogen-bond acceptors (Lipinski definition) is 3. The van der Waals surface area contributed by atoms with E-state index in [0.29, 0.717) is 31.3 Å².